The summed E-state index contributed by atoms with van der Waals surface area (Å²) in [6.07, 6.45) is 7.70. The highest BCUT2D eigenvalue weighted by molar-refractivity contribution is 5.93. The highest BCUT2D eigenvalue weighted by atomic mass is 16.5. The SMILES string of the molecule is CCOC(=O)CCCOc1ccc(-c2nc3c(C[C@@]4(C)CCC[C@]5(C)c6ccc(C(C)C)cc6CC[C@@H]45)c(-c4ccccc4)c(OC)cc3[nH]2)c(OC)c1. The average Bonchev–Trinajstić information content (AvgIpc) is 3.60. The standard InChI is InChI=1S/C47H56N2O5/c1-8-53-42(50)16-12-25-54-34-19-20-35(39(27-34)51-6)45-48-38-28-40(52-7)43(31-14-10-9-11-15-31)36(44(38)49-45)29-46(4)23-13-24-47(5)37-21-17-32(30(2)3)26-33(37)18-22-41(46)47/h9-11,14-15,17,19-21,26-28,30,41H,8,12-13,16,18,22-25,29H2,1-7H3,(H,48,49)/t41-,46+,47+/m0/s1. The van der Waals surface area contributed by atoms with Crippen LogP contribution >= 0.6 is 0 Å². The first kappa shape index (κ1) is 37.5. The molecule has 1 N–H and O–H groups in total. The molecule has 5 aromatic rings. The van der Waals surface area contributed by atoms with Crippen LogP contribution in [0.15, 0.2) is 72.8 Å². The van der Waals surface area contributed by atoms with Gasteiger partial charge in [-0.15, -0.1) is 0 Å². The van der Waals surface area contributed by atoms with Crippen molar-refractivity contribution in [2.75, 3.05) is 27.4 Å². The third kappa shape index (κ3) is 7.10. The van der Waals surface area contributed by atoms with Gasteiger partial charge >= 0.3 is 5.97 Å². The lowest BCUT2D eigenvalue weighted by atomic mass is 9.48. The van der Waals surface area contributed by atoms with Crippen LogP contribution in [-0.2, 0) is 27.8 Å². The molecule has 2 aliphatic rings. The van der Waals surface area contributed by atoms with Crippen molar-refractivity contribution in [3.63, 3.8) is 0 Å². The second-order valence-corrected chi connectivity index (χ2v) is 16.2. The quantitative estimate of drug-likeness (QED) is 0.0960. The van der Waals surface area contributed by atoms with Crippen molar-refractivity contribution in [1.29, 1.82) is 0 Å². The first-order chi connectivity index (χ1) is 26.1. The van der Waals surface area contributed by atoms with E-state index >= 15 is 0 Å². The number of methoxy groups -OCH3 is 2. The number of fused-ring (bicyclic) bond motifs is 4. The zero-order chi connectivity index (χ0) is 38.0. The normalized spacial score (nSPS) is 20.7. The number of carbonyl (C=O) groups excluding carboxylic acids is 1. The van der Waals surface area contributed by atoms with E-state index in [9.17, 15) is 4.79 Å². The highest BCUT2D eigenvalue weighted by Gasteiger charge is 2.52. The van der Waals surface area contributed by atoms with E-state index in [1.165, 1.54) is 36.8 Å². The fourth-order valence-corrected chi connectivity index (χ4v) is 9.79. The third-order valence-corrected chi connectivity index (χ3v) is 12.4. The fraction of sp³-hybridized carbons (Fsp3) is 0.447. The van der Waals surface area contributed by atoms with Crippen molar-refractivity contribution in [2.24, 2.45) is 11.3 Å². The molecule has 3 atom stereocenters. The van der Waals surface area contributed by atoms with Gasteiger partial charge in [-0.05, 0) is 108 Å². The minimum absolute atomic E-state index is 0.0489. The molecule has 7 rings (SSSR count). The van der Waals surface area contributed by atoms with Crippen LogP contribution in [-0.4, -0.2) is 43.4 Å². The second-order valence-electron chi connectivity index (χ2n) is 16.2. The van der Waals surface area contributed by atoms with Crippen LogP contribution < -0.4 is 14.2 Å². The number of rotatable bonds is 13. The molecule has 0 bridgehead atoms. The molecule has 4 aromatic carbocycles. The molecule has 0 unspecified atom stereocenters. The van der Waals surface area contributed by atoms with Crippen molar-refractivity contribution in [3.8, 4) is 39.8 Å². The van der Waals surface area contributed by atoms with Gasteiger partial charge in [-0.25, -0.2) is 4.98 Å². The first-order valence-corrected chi connectivity index (χ1v) is 19.8. The van der Waals surface area contributed by atoms with E-state index in [2.05, 4.69) is 87.3 Å². The van der Waals surface area contributed by atoms with E-state index in [4.69, 9.17) is 23.9 Å². The summed E-state index contributed by atoms with van der Waals surface area (Å²) in [6, 6.07) is 25.9. The van der Waals surface area contributed by atoms with Gasteiger partial charge in [0.25, 0.3) is 0 Å². The van der Waals surface area contributed by atoms with Gasteiger partial charge in [-0.3, -0.25) is 4.79 Å². The summed E-state index contributed by atoms with van der Waals surface area (Å²) >= 11 is 0. The fourth-order valence-electron chi connectivity index (χ4n) is 9.79. The summed E-state index contributed by atoms with van der Waals surface area (Å²) < 4.78 is 23.1. The molecule has 2 aliphatic carbocycles. The lowest BCUT2D eigenvalue weighted by Gasteiger charge is -2.56. The summed E-state index contributed by atoms with van der Waals surface area (Å²) in [4.78, 5) is 20.8. The maximum Gasteiger partial charge on any atom is 0.305 e. The topological polar surface area (TPSA) is 82.7 Å². The van der Waals surface area contributed by atoms with Gasteiger partial charge < -0.3 is 23.9 Å². The average molecular weight is 729 g/mol. The van der Waals surface area contributed by atoms with Crippen molar-refractivity contribution in [2.45, 2.75) is 97.3 Å². The molecule has 0 radical (unpaired) electrons. The third-order valence-electron chi connectivity index (χ3n) is 12.4. The Kier molecular flexibility index (Phi) is 10.8. The largest absolute Gasteiger partial charge is 0.496 e. The van der Waals surface area contributed by atoms with E-state index in [1.54, 1.807) is 25.3 Å². The molecular weight excluding hydrogens is 673 g/mol. The Hall–Kier alpha value is -4.78. The van der Waals surface area contributed by atoms with Crippen LogP contribution in [0.5, 0.6) is 17.2 Å². The van der Waals surface area contributed by atoms with Gasteiger partial charge in [0.05, 0.1) is 44.0 Å². The Balaban J connectivity index is 1.28. The van der Waals surface area contributed by atoms with Gasteiger partial charge in [0.2, 0.25) is 0 Å². The van der Waals surface area contributed by atoms with Gasteiger partial charge in [0.15, 0.2) is 0 Å². The number of hydrogen-bond acceptors (Lipinski definition) is 6. The molecule has 1 saturated carbocycles. The molecule has 7 nitrogen and oxygen atoms in total. The molecule has 0 amide bonds. The Morgan fingerprint density at radius 3 is 2.50 bits per heavy atom. The van der Waals surface area contributed by atoms with E-state index in [0.29, 0.717) is 49.4 Å². The molecule has 1 heterocycles. The maximum absolute atomic E-state index is 11.8. The van der Waals surface area contributed by atoms with Crippen molar-refractivity contribution in [3.05, 3.63) is 95.1 Å². The summed E-state index contributed by atoms with van der Waals surface area (Å²) in [5.41, 5.74) is 11.0. The number of aryl methyl sites for hydroxylation is 1. The van der Waals surface area contributed by atoms with E-state index in [-0.39, 0.29) is 16.8 Å². The Labute approximate surface area is 320 Å². The van der Waals surface area contributed by atoms with Crippen LogP contribution in [0.25, 0.3) is 33.5 Å². The number of nitrogens with zero attached hydrogens (tertiary/aromatic N) is 1. The highest BCUT2D eigenvalue weighted by Crippen LogP contribution is 2.59. The number of H-pyrrole nitrogens is 1. The predicted molar refractivity (Wildman–Crippen MR) is 217 cm³/mol. The van der Waals surface area contributed by atoms with Crippen LogP contribution in [0.1, 0.15) is 101 Å². The molecule has 0 saturated heterocycles. The first-order valence-electron chi connectivity index (χ1n) is 19.8. The van der Waals surface area contributed by atoms with Crippen LogP contribution in [0.2, 0.25) is 0 Å². The predicted octanol–water partition coefficient (Wildman–Crippen LogP) is 11.0. The van der Waals surface area contributed by atoms with Crippen molar-refractivity contribution < 1.29 is 23.7 Å². The lowest BCUT2D eigenvalue weighted by molar-refractivity contribution is -0.143. The second kappa shape index (κ2) is 15.5. The minimum atomic E-state index is -0.207. The van der Waals surface area contributed by atoms with E-state index < -0.39 is 0 Å². The molecule has 0 spiro atoms. The number of aromatic nitrogens is 2. The summed E-state index contributed by atoms with van der Waals surface area (Å²) in [5, 5.41) is 0. The zero-order valence-electron chi connectivity index (χ0n) is 33.1. The van der Waals surface area contributed by atoms with Gasteiger partial charge in [0.1, 0.15) is 23.1 Å². The van der Waals surface area contributed by atoms with Gasteiger partial charge in [-0.2, -0.15) is 0 Å². The summed E-state index contributed by atoms with van der Waals surface area (Å²) in [5.74, 6) is 3.76. The van der Waals surface area contributed by atoms with Crippen molar-refractivity contribution in [1.82, 2.24) is 9.97 Å². The number of carbonyl (C=O) groups is 1. The molecule has 54 heavy (non-hydrogen) atoms. The molecule has 7 heteroatoms. The Morgan fingerprint density at radius 2 is 1.76 bits per heavy atom. The van der Waals surface area contributed by atoms with Crippen molar-refractivity contribution >= 4 is 17.0 Å². The summed E-state index contributed by atoms with van der Waals surface area (Å²) in [7, 11) is 3.44. The van der Waals surface area contributed by atoms with Crippen LogP contribution in [0.4, 0.5) is 0 Å². The number of nitrogens with one attached hydrogen (secondary N) is 1. The molecule has 1 fully saturated rings. The Morgan fingerprint density at radius 1 is 0.963 bits per heavy atom. The van der Waals surface area contributed by atoms with Gasteiger partial charge in [-0.1, -0.05) is 82.6 Å². The molecule has 1 aromatic heterocycles. The lowest BCUT2D eigenvalue weighted by Crippen LogP contribution is -2.50. The number of benzene rings is 4. The van der Waals surface area contributed by atoms with Crippen LogP contribution in [0.3, 0.4) is 0 Å². The maximum atomic E-state index is 11.8. The van der Waals surface area contributed by atoms with Gasteiger partial charge in [0, 0.05) is 24.1 Å². The number of hydrogen-bond donors (Lipinski definition) is 1. The molecule has 0 aliphatic heterocycles. The number of ether oxygens (including phenoxy) is 4. The molecular formula is C47H56N2O5. The molecule has 284 valence electrons. The Bertz CT molecular complexity index is 2120. The number of esters is 1. The summed E-state index contributed by atoms with van der Waals surface area (Å²) in [6.45, 7) is 12.3. The zero-order valence-corrected chi connectivity index (χ0v) is 33.1. The monoisotopic (exact) mass is 728 g/mol. The number of imidazole rings is 1. The van der Waals surface area contributed by atoms with Crippen LogP contribution in [0, 0.1) is 11.3 Å². The minimum Gasteiger partial charge on any atom is -0.496 e. The smallest absolute Gasteiger partial charge is 0.305 e. The van der Waals surface area contributed by atoms with E-state index in [1.807, 2.05) is 25.1 Å². The number of aromatic amines is 1. The van der Waals surface area contributed by atoms with E-state index in [0.717, 1.165) is 52.1 Å².